The molecule has 10 heteroatoms. The Morgan fingerprint density at radius 3 is 2.78 bits per heavy atom. The third-order valence-corrected chi connectivity index (χ3v) is 6.00. The smallest absolute Gasteiger partial charge is 0.339 e. The Kier molecular flexibility index (Phi) is 6.46. The highest BCUT2D eigenvalue weighted by atomic mass is 19.1. The lowest BCUT2D eigenvalue weighted by Gasteiger charge is -2.22. The summed E-state index contributed by atoms with van der Waals surface area (Å²) in [4.78, 5) is 40.9. The minimum Gasteiger partial charge on any atom is -0.465 e. The Balaban J connectivity index is 1.43. The Morgan fingerprint density at radius 2 is 2.00 bits per heavy atom. The number of amides is 1. The summed E-state index contributed by atoms with van der Waals surface area (Å²) in [6, 6.07) is 13.6. The minimum atomic E-state index is -0.814. The number of nitrogens with zero attached hydrogens (tertiary/aromatic N) is 2. The van der Waals surface area contributed by atoms with Crippen molar-refractivity contribution in [3.63, 3.8) is 0 Å². The van der Waals surface area contributed by atoms with E-state index in [9.17, 15) is 24.1 Å². The van der Waals surface area contributed by atoms with Crippen molar-refractivity contribution in [2.24, 2.45) is 0 Å². The highest BCUT2D eigenvalue weighted by molar-refractivity contribution is 6.07. The number of allylic oxidation sites excluding steroid dienone is 1. The van der Waals surface area contributed by atoms with Gasteiger partial charge in [-0.2, -0.15) is 0 Å². The van der Waals surface area contributed by atoms with E-state index in [1.807, 2.05) is 18.2 Å². The summed E-state index contributed by atoms with van der Waals surface area (Å²) in [5.74, 6) is -1.65. The molecular weight excluding hydrogens is 481 g/mol. The zero-order chi connectivity index (χ0) is 25.9. The molecule has 0 radical (unpaired) electrons. The van der Waals surface area contributed by atoms with Crippen LogP contribution in [0.1, 0.15) is 40.2 Å². The van der Waals surface area contributed by atoms with Crippen molar-refractivity contribution in [3.05, 3.63) is 99.4 Å². The van der Waals surface area contributed by atoms with E-state index in [4.69, 9.17) is 14.1 Å². The average Bonchev–Trinajstić information content (AvgIpc) is 3.40. The van der Waals surface area contributed by atoms with Crippen molar-refractivity contribution in [1.82, 2.24) is 4.98 Å². The molecule has 2 aromatic carbocycles. The van der Waals surface area contributed by atoms with Gasteiger partial charge in [-0.1, -0.05) is 18.2 Å². The lowest BCUT2D eigenvalue weighted by Crippen LogP contribution is -2.23. The van der Waals surface area contributed by atoms with E-state index in [1.54, 1.807) is 30.5 Å². The van der Waals surface area contributed by atoms with Gasteiger partial charge in [-0.3, -0.25) is 14.9 Å². The van der Waals surface area contributed by atoms with Gasteiger partial charge in [0.25, 0.3) is 11.6 Å². The summed E-state index contributed by atoms with van der Waals surface area (Å²) in [6.07, 6.45) is 5.62. The molecule has 0 aliphatic heterocycles. The van der Waals surface area contributed by atoms with E-state index in [0.29, 0.717) is 40.4 Å². The zero-order valence-corrected chi connectivity index (χ0v) is 19.4. The summed E-state index contributed by atoms with van der Waals surface area (Å²) in [6.45, 7) is -0.687. The fourth-order valence-corrected chi connectivity index (χ4v) is 4.40. The first-order valence-corrected chi connectivity index (χ1v) is 11.5. The maximum atomic E-state index is 13.4. The first kappa shape index (κ1) is 23.9. The second kappa shape index (κ2) is 10.0. The highest BCUT2D eigenvalue weighted by Crippen LogP contribution is 2.36. The molecule has 5 rings (SSSR count). The van der Waals surface area contributed by atoms with Crippen LogP contribution in [-0.4, -0.2) is 28.4 Å². The van der Waals surface area contributed by atoms with Gasteiger partial charge in [-0.15, -0.1) is 0 Å². The monoisotopic (exact) mass is 501 g/mol. The van der Waals surface area contributed by atoms with Gasteiger partial charge >= 0.3 is 5.97 Å². The average molecular weight is 501 g/mol. The zero-order valence-electron chi connectivity index (χ0n) is 19.4. The lowest BCUT2D eigenvalue weighted by molar-refractivity contribution is -0.384. The molecule has 0 atom stereocenters. The molecule has 0 saturated carbocycles. The first-order valence-electron chi connectivity index (χ1n) is 11.5. The molecule has 37 heavy (non-hydrogen) atoms. The number of nitro groups is 1. The number of furan rings is 1. The summed E-state index contributed by atoms with van der Waals surface area (Å²) in [5, 5.41) is 14.1. The molecule has 1 aliphatic carbocycles. The van der Waals surface area contributed by atoms with Crippen molar-refractivity contribution < 1.29 is 28.1 Å². The van der Waals surface area contributed by atoms with Gasteiger partial charge in [0.05, 0.1) is 34.0 Å². The van der Waals surface area contributed by atoms with Gasteiger partial charge in [0.15, 0.2) is 6.61 Å². The van der Waals surface area contributed by atoms with E-state index < -0.39 is 34.9 Å². The third-order valence-electron chi connectivity index (χ3n) is 6.00. The molecule has 2 heterocycles. The van der Waals surface area contributed by atoms with Crippen LogP contribution in [0.25, 0.3) is 22.6 Å². The Hall–Kier alpha value is -4.86. The summed E-state index contributed by atoms with van der Waals surface area (Å²) in [5.41, 5.74) is 2.45. The van der Waals surface area contributed by atoms with Crippen molar-refractivity contribution in [2.75, 3.05) is 11.9 Å². The van der Waals surface area contributed by atoms with E-state index >= 15 is 0 Å². The number of rotatable bonds is 6. The maximum absolute atomic E-state index is 13.4. The van der Waals surface area contributed by atoms with Crippen LogP contribution in [0.2, 0.25) is 0 Å². The fourth-order valence-electron chi connectivity index (χ4n) is 4.40. The number of hydrogen-bond donors (Lipinski definition) is 1. The number of benzene rings is 2. The number of nitro benzene ring substituents is 1. The number of nitrogens with one attached hydrogen (secondary N) is 1. The highest BCUT2D eigenvalue weighted by Gasteiger charge is 2.27. The predicted octanol–water partition coefficient (Wildman–Crippen LogP) is 5.55. The van der Waals surface area contributed by atoms with E-state index in [-0.39, 0.29) is 5.69 Å². The van der Waals surface area contributed by atoms with Crippen LogP contribution in [0.15, 0.2) is 65.3 Å². The van der Waals surface area contributed by atoms with Gasteiger partial charge < -0.3 is 14.5 Å². The van der Waals surface area contributed by atoms with Crippen LogP contribution in [0.3, 0.4) is 0 Å². The molecule has 1 N–H and O–H groups in total. The van der Waals surface area contributed by atoms with Gasteiger partial charge in [-0.05, 0) is 66.8 Å². The van der Waals surface area contributed by atoms with Crippen LogP contribution >= 0.6 is 0 Å². The molecule has 1 aliphatic rings. The number of anilines is 1. The van der Waals surface area contributed by atoms with Crippen molar-refractivity contribution in [3.8, 4) is 0 Å². The summed E-state index contributed by atoms with van der Waals surface area (Å²) < 4.78 is 24.2. The number of halogens is 1. The second-order valence-corrected chi connectivity index (χ2v) is 8.41. The topological polar surface area (TPSA) is 125 Å². The number of ether oxygens (including phenoxy) is 1. The number of esters is 1. The van der Waals surface area contributed by atoms with Crippen molar-refractivity contribution in [2.45, 2.75) is 19.3 Å². The Morgan fingerprint density at radius 1 is 1.16 bits per heavy atom. The Labute approximate surface area is 209 Å². The molecule has 186 valence electrons. The number of hydrogen-bond acceptors (Lipinski definition) is 7. The van der Waals surface area contributed by atoms with E-state index in [2.05, 4.69) is 5.32 Å². The lowest BCUT2D eigenvalue weighted by atomic mass is 9.86. The largest absolute Gasteiger partial charge is 0.465 e. The van der Waals surface area contributed by atoms with Gasteiger partial charge in [0.1, 0.15) is 17.3 Å². The molecular formula is C27H20FN3O6. The molecule has 4 aromatic rings. The fraction of sp³-hybridized carbons (Fsp3) is 0.148. The number of carbonyl (C=O) groups excluding carboxylic acids is 2. The third kappa shape index (κ3) is 4.94. The van der Waals surface area contributed by atoms with Crippen LogP contribution in [-0.2, 0) is 16.0 Å². The van der Waals surface area contributed by atoms with E-state index in [0.717, 1.165) is 36.1 Å². The molecule has 0 bridgehead atoms. The maximum Gasteiger partial charge on any atom is 0.339 e. The number of para-hydroxylation sites is 1. The minimum absolute atomic E-state index is 0.202. The second-order valence-electron chi connectivity index (χ2n) is 8.41. The summed E-state index contributed by atoms with van der Waals surface area (Å²) >= 11 is 0. The van der Waals surface area contributed by atoms with Crippen LogP contribution in [0.4, 0.5) is 15.8 Å². The molecule has 1 amide bonds. The Bertz CT molecular complexity index is 1560. The van der Waals surface area contributed by atoms with Crippen LogP contribution in [0, 0.1) is 15.9 Å². The number of carbonyl (C=O) groups is 2. The number of pyridine rings is 1. The molecule has 0 unspecified atom stereocenters. The number of aromatic nitrogens is 1. The van der Waals surface area contributed by atoms with Crippen molar-refractivity contribution >= 4 is 45.8 Å². The molecule has 0 saturated heterocycles. The molecule has 9 nitrogen and oxygen atoms in total. The quantitative estimate of drug-likeness (QED) is 0.209. The first-order chi connectivity index (χ1) is 17.9. The molecule has 0 spiro atoms. The van der Waals surface area contributed by atoms with Gasteiger partial charge in [0, 0.05) is 5.39 Å². The SMILES string of the molecule is O=C(COC(=O)c1c2c(nc3ccccc13)/C(=C/c1ccco1)CCC2)Nc1ccc(F)cc1[N+](=O)[O-]. The van der Waals surface area contributed by atoms with Gasteiger partial charge in [-0.25, -0.2) is 14.2 Å². The number of fused-ring (bicyclic) bond motifs is 2. The van der Waals surface area contributed by atoms with Crippen LogP contribution < -0.4 is 5.32 Å². The molecule has 2 aromatic heterocycles. The van der Waals surface area contributed by atoms with Crippen LogP contribution in [0.5, 0.6) is 0 Å². The summed E-state index contributed by atoms with van der Waals surface area (Å²) in [7, 11) is 0. The standard InChI is InChI=1S/C27H20FN3O6/c28-17-10-11-22(23(14-17)31(34)35)29-24(32)15-37-27(33)25-19-7-1-2-9-21(19)30-26-16(5-3-8-20(25)26)13-18-6-4-12-36-18/h1-2,4,6-7,9-14H,3,5,8,15H2,(H,29,32)/b16-13+. The predicted molar refractivity (Wildman–Crippen MR) is 133 cm³/mol. The normalized spacial score (nSPS) is 13.8. The van der Waals surface area contributed by atoms with Gasteiger partial charge in [0.2, 0.25) is 0 Å². The molecule has 0 fully saturated rings. The van der Waals surface area contributed by atoms with E-state index in [1.165, 1.54) is 0 Å². The van der Waals surface area contributed by atoms with Crippen molar-refractivity contribution in [1.29, 1.82) is 0 Å².